The van der Waals surface area contributed by atoms with Crippen molar-refractivity contribution in [3.63, 3.8) is 0 Å². The van der Waals surface area contributed by atoms with Crippen LogP contribution in [0.15, 0.2) is 23.2 Å². The maximum absolute atomic E-state index is 5.90. The number of aliphatic imine (C=N–C) groups is 1. The molecule has 0 atom stereocenters. The van der Waals surface area contributed by atoms with E-state index >= 15 is 0 Å². The predicted octanol–water partition coefficient (Wildman–Crippen LogP) is 3.06. The summed E-state index contributed by atoms with van der Waals surface area (Å²) in [6.07, 6.45) is 6.54. The van der Waals surface area contributed by atoms with E-state index in [1.54, 1.807) is 21.3 Å². The molecule has 0 spiro atoms. The molecule has 26 heavy (non-hydrogen) atoms. The lowest BCUT2D eigenvalue weighted by molar-refractivity contribution is 0.0573. The average Bonchev–Trinajstić information content (AvgIpc) is 3.18. The second kappa shape index (κ2) is 10.9. The maximum atomic E-state index is 5.90. The van der Waals surface area contributed by atoms with Gasteiger partial charge in [-0.15, -0.1) is 0 Å². The lowest BCUT2D eigenvalue weighted by Gasteiger charge is -2.23. The average molecular weight is 364 g/mol. The number of rotatable bonds is 9. The van der Waals surface area contributed by atoms with Crippen LogP contribution in [-0.2, 0) is 11.3 Å². The van der Waals surface area contributed by atoms with Gasteiger partial charge in [0.25, 0.3) is 0 Å². The highest BCUT2D eigenvalue weighted by Crippen LogP contribution is 2.25. The molecule has 2 rings (SSSR count). The molecule has 0 saturated heterocycles. The van der Waals surface area contributed by atoms with Gasteiger partial charge in [0.15, 0.2) is 5.96 Å². The summed E-state index contributed by atoms with van der Waals surface area (Å²) in [5, 5.41) is 3.41. The van der Waals surface area contributed by atoms with Crippen LogP contribution in [0.25, 0.3) is 0 Å². The topological polar surface area (TPSA) is 55.3 Å². The molecule has 0 amide bonds. The highest BCUT2D eigenvalue weighted by molar-refractivity contribution is 5.79. The zero-order valence-corrected chi connectivity index (χ0v) is 16.6. The van der Waals surface area contributed by atoms with E-state index in [-0.39, 0.29) is 0 Å². The molecule has 0 radical (unpaired) electrons. The molecule has 1 aliphatic rings. The molecule has 1 fully saturated rings. The van der Waals surface area contributed by atoms with Gasteiger partial charge in [0.1, 0.15) is 11.5 Å². The van der Waals surface area contributed by atoms with Crippen LogP contribution in [0.2, 0.25) is 0 Å². The van der Waals surface area contributed by atoms with Gasteiger partial charge in [-0.1, -0.05) is 12.8 Å². The number of guanidine groups is 1. The third-order valence-corrected chi connectivity index (χ3v) is 4.74. The molecular weight excluding hydrogens is 330 g/mol. The van der Waals surface area contributed by atoms with Gasteiger partial charge in [0.05, 0.1) is 20.3 Å². The summed E-state index contributed by atoms with van der Waals surface area (Å²) >= 11 is 0. The highest BCUT2D eigenvalue weighted by atomic mass is 16.5. The SMILES string of the molecule is CN=C(NCCCOC1CCCC1)N(C)Cc1ccc(OC)cc1OC. The number of ether oxygens (including phenoxy) is 3. The first-order chi connectivity index (χ1) is 12.7. The van der Waals surface area contributed by atoms with Crippen LogP contribution in [0.1, 0.15) is 37.7 Å². The molecule has 6 nitrogen and oxygen atoms in total. The number of hydrogen-bond acceptors (Lipinski definition) is 4. The molecule has 0 bridgehead atoms. The number of hydrogen-bond donors (Lipinski definition) is 1. The van der Waals surface area contributed by atoms with Crippen LogP contribution in [0.5, 0.6) is 11.5 Å². The van der Waals surface area contributed by atoms with Gasteiger partial charge < -0.3 is 24.4 Å². The van der Waals surface area contributed by atoms with Crippen LogP contribution in [0, 0.1) is 0 Å². The second-order valence-electron chi connectivity index (χ2n) is 6.64. The first kappa shape index (κ1) is 20.4. The minimum absolute atomic E-state index is 0.486. The molecule has 0 aliphatic heterocycles. The van der Waals surface area contributed by atoms with E-state index in [2.05, 4.69) is 15.2 Å². The fourth-order valence-electron chi connectivity index (χ4n) is 3.27. The third kappa shape index (κ3) is 6.09. The third-order valence-electron chi connectivity index (χ3n) is 4.74. The Morgan fingerprint density at radius 3 is 2.65 bits per heavy atom. The molecule has 1 aromatic rings. The Hall–Kier alpha value is -1.95. The van der Waals surface area contributed by atoms with Gasteiger partial charge in [-0.25, -0.2) is 0 Å². The Morgan fingerprint density at radius 1 is 1.23 bits per heavy atom. The van der Waals surface area contributed by atoms with E-state index < -0.39 is 0 Å². The number of methoxy groups -OCH3 is 2. The molecule has 0 unspecified atom stereocenters. The van der Waals surface area contributed by atoms with E-state index in [1.807, 2.05) is 25.2 Å². The molecule has 6 heteroatoms. The van der Waals surface area contributed by atoms with Crippen molar-refractivity contribution in [2.24, 2.45) is 4.99 Å². The number of nitrogens with zero attached hydrogens (tertiary/aromatic N) is 2. The predicted molar refractivity (Wildman–Crippen MR) is 105 cm³/mol. The standard InChI is InChI=1S/C20H33N3O3/c1-21-20(22-12-7-13-26-17-8-5-6-9-17)23(2)15-16-10-11-18(24-3)14-19(16)25-4/h10-11,14,17H,5-9,12-13,15H2,1-4H3,(H,21,22). The maximum Gasteiger partial charge on any atom is 0.193 e. The Kier molecular flexibility index (Phi) is 8.54. The van der Waals surface area contributed by atoms with Crippen molar-refractivity contribution in [1.29, 1.82) is 0 Å². The van der Waals surface area contributed by atoms with Gasteiger partial charge in [-0.05, 0) is 31.4 Å². The smallest absolute Gasteiger partial charge is 0.193 e. The van der Waals surface area contributed by atoms with E-state index in [4.69, 9.17) is 14.2 Å². The Balaban J connectivity index is 1.78. The largest absolute Gasteiger partial charge is 0.497 e. The van der Waals surface area contributed by atoms with E-state index in [0.29, 0.717) is 12.6 Å². The summed E-state index contributed by atoms with van der Waals surface area (Å²) in [7, 11) is 7.16. The summed E-state index contributed by atoms with van der Waals surface area (Å²) in [4.78, 5) is 6.46. The van der Waals surface area contributed by atoms with Crippen molar-refractivity contribution in [2.45, 2.75) is 44.8 Å². The minimum Gasteiger partial charge on any atom is -0.497 e. The number of nitrogens with one attached hydrogen (secondary N) is 1. The van der Waals surface area contributed by atoms with Crippen LogP contribution in [0.3, 0.4) is 0 Å². The van der Waals surface area contributed by atoms with Gasteiger partial charge in [0.2, 0.25) is 0 Å². The lowest BCUT2D eigenvalue weighted by Crippen LogP contribution is -2.39. The summed E-state index contributed by atoms with van der Waals surface area (Å²) in [5.74, 6) is 2.47. The Bertz CT molecular complexity index is 571. The van der Waals surface area contributed by atoms with Crippen molar-refractivity contribution in [3.05, 3.63) is 23.8 Å². The molecule has 1 aliphatic carbocycles. The first-order valence-electron chi connectivity index (χ1n) is 9.42. The number of benzene rings is 1. The molecule has 0 aromatic heterocycles. The van der Waals surface area contributed by atoms with Gasteiger partial charge >= 0.3 is 0 Å². The second-order valence-corrected chi connectivity index (χ2v) is 6.64. The normalized spacial score (nSPS) is 15.2. The van der Waals surface area contributed by atoms with Gasteiger partial charge in [0, 0.05) is 45.4 Å². The van der Waals surface area contributed by atoms with Gasteiger partial charge in [-0.3, -0.25) is 4.99 Å². The zero-order valence-electron chi connectivity index (χ0n) is 16.6. The molecular formula is C20H33N3O3. The van der Waals surface area contributed by atoms with Crippen LogP contribution >= 0.6 is 0 Å². The fourth-order valence-corrected chi connectivity index (χ4v) is 3.27. The summed E-state index contributed by atoms with van der Waals surface area (Å²) in [6, 6.07) is 5.87. The molecule has 1 N–H and O–H groups in total. The summed E-state index contributed by atoms with van der Waals surface area (Å²) in [6.45, 7) is 2.36. The summed E-state index contributed by atoms with van der Waals surface area (Å²) in [5.41, 5.74) is 1.09. The minimum atomic E-state index is 0.486. The van der Waals surface area contributed by atoms with E-state index in [9.17, 15) is 0 Å². The van der Waals surface area contributed by atoms with Crippen LogP contribution in [0.4, 0.5) is 0 Å². The van der Waals surface area contributed by atoms with Gasteiger partial charge in [-0.2, -0.15) is 0 Å². The van der Waals surface area contributed by atoms with Crippen molar-refractivity contribution in [1.82, 2.24) is 10.2 Å². The molecule has 0 heterocycles. The first-order valence-corrected chi connectivity index (χ1v) is 9.42. The molecule has 146 valence electrons. The van der Waals surface area contributed by atoms with Crippen LogP contribution < -0.4 is 14.8 Å². The van der Waals surface area contributed by atoms with Crippen molar-refractivity contribution in [3.8, 4) is 11.5 Å². The fraction of sp³-hybridized carbons (Fsp3) is 0.650. The monoisotopic (exact) mass is 363 g/mol. The summed E-state index contributed by atoms with van der Waals surface area (Å²) < 4.78 is 16.6. The van der Waals surface area contributed by atoms with Crippen molar-refractivity contribution in [2.75, 3.05) is 41.5 Å². The van der Waals surface area contributed by atoms with E-state index in [1.165, 1.54) is 25.7 Å². The highest BCUT2D eigenvalue weighted by Gasteiger charge is 2.15. The quantitative estimate of drug-likeness (QED) is 0.415. The van der Waals surface area contributed by atoms with Crippen LogP contribution in [-0.4, -0.2) is 58.4 Å². The lowest BCUT2D eigenvalue weighted by atomic mass is 10.2. The molecule has 1 saturated carbocycles. The Labute approximate surface area is 157 Å². The molecule has 1 aromatic carbocycles. The van der Waals surface area contributed by atoms with E-state index in [0.717, 1.165) is 42.6 Å². The van der Waals surface area contributed by atoms with Crippen molar-refractivity contribution >= 4 is 5.96 Å². The Morgan fingerprint density at radius 2 is 2.00 bits per heavy atom. The van der Waals surface area contributed by atoms with Crippen molar-refractivity contribution < 1.29 is 14.2 Å². The zero-order chi connectivity index (χ0) is 18.8.